The zero-order valence-electron chi connectivity index (χ0n) is 16.6. The number of benzene rings is 2. The van der Waals surface area contributed by atoms with Crippen molar-refractivity contribution >= 4 is 11.9 Å². The van der Waals surface area contributed by atoms with Crippen LogP contribution in [0.25, 0.3) is 0 Å². The summed E-state index contributed by atoms with van der Waals surface area (Å²) < 4.78 is 11.2. The fraction of sp³-hybridized carbons (Fsp3) is 0.391. The Hall–Kier alpha value is -2.82. The molecule has 28 heavy (non-hydrogen) atoms. The molecule has 1 amide bonds. The molecule has 148 valence electrons. The van der Waals surface area contributed by atoms with E-state index in [4.69, 9.17) is 9.47 Å². The molecule has 0 spiro atoms. The number of hydrogen-bond donors (Lipinski definition) is 1. The maximum absolute atomic E-state index is 12.6. The predicted octanol–water partition coefficient (Wildman–Crippen LogP) is 4.06. The molecule has 1 N–H and O–H groups in total. The van der Waals surface area contributed by atoms with Crippen LogP contribution in [0.15, 0.2) is 48.5 Å². The lowest BCUT2D eigenvalue weighted by molar-refractivity contribution is -0.158. The van der Waals surface area contributed by atoms with Crippen LogP contribution in [0, 0.1) is 6.92 Å². The number of aryl methyl sites for hydroxylation is 1. The van der Waals surface area contributed by atoms with Gasteiger partial charge in [-0.3, -0.25) is 4.79 Å². The monoisotopic (exact) mass is 381 g/mol. The predicted molar refractivity (Wildman–Crippen MR) is 107 cm³/mol. The van der Waals surface area contributed by atoms with Gasteiger partial charge in [-0.05, 0) is 42.9 Å². The molecule has 5 heteroatoms. The summed E-state index contributed by atoms with van der Waals surface area (Å²) in [6.45, 7) is 5.87. The molecule has 1 aliphatic carbocycles. The van der Waals surface area contributed by atoms with E-state index in [1.807, 2.05) is 43.3 Å². The minimum Gasteiger partial charge on any atom is -0.482 e. The van der Waals surface area contributed by atoms with E-state index in [2.05, 4.69) is 19.2 Å². The third kappa shape index (κ3) is 5.35. The van der Waals surface area contributed by atoms with Gasteiger partial charge in [0.2, 0.25) is 6.10 Å². The van der Waals surface area contributed by atoms with Gasteiger partial charge >= 0.3 is 5.97 Å². The van der Waals surface area contributed by atoms with Crippen LogP contribution in [-0.4, -0.2) is 24.5 Å². The second-order valence-corrected chi connectivity index (χ2v) is 7.55. The molecule has 3 rings (SSSR count). The summed E-state index contributed by atoms with van der Waals surface area (Å²) in [5, 5.41) is 2.91. The van der Waals surface area contributed by atoms with Crippen molar-refractivity contribution < 1.29 is 19.1 Å². The zero-order chi connectivity index (χ0) is 20.1. The standard InChI is InChI=1S/C23H27NO4/c1-15(2)19-12-9-16(3)13-20(19)27-14-21(25)28-22(17-7-5-4-6-8-17)23(26)24-18-10-11-18/h4-9,12-13,15,18,22H,10-11,14H2,1-3H3,(H,24,26)/t22-/m0/s1. The zero-order valence-corrected chi connectivity index (χ0v) is 16.6. The first-order chi connectivity index (χ1) is 13.4. The van der Waals surface area contributed by atoms with Gasteiger partial charge in [-0.15, -0.1) is 0 Å². The van der Waals surface area contributed by atoms with Crippen LogP contribution < -0.4 is 10.1 Å². The van der Waals surface area contributed by atoms with Crippen LogP contribution in [0.4, 0.5) is 0 Å². The molecule has 0 bridgehead atoms. The summed E-state index contributed by atoms with van der Waals surface area (Å²) in [4.78, 5) is 25.0. The van der Waals surface area contributed by atoms with E-state index >= 15 is 0 Å². The largest absolute Gasteiger partial charge is 0.482 e. The van der Waals surface area contributed by atoms with Crippen molar-refractivity contribution in [3.05, 3.63) is 65.2 Å². The second kappa shape index (κ2) is 8.91. The molecular weight excluding hydrogens is 354 g/mol. The van der Waals surface area contributed by atoms with E-state index < -0.39 is 12.1 Å². The fourth-order valence-electron chi connectivity index (χ4n) is 2.95. The lowest BCUT2D eigenvalue weighted by Gasteiger charge is -2.19. The summed E-state index contributed by atoms with van der Waals surface area (Å²) in [5.74, 6) is 0.0788. The van der Waals surface area contributed by atoms with Gasteiger partial charge in [0.15, 0.2) is 6.61 Å². The van der Waals surface area contributed by atoms with E-state index in [9.17, 15) is 9.59 Å². The van der Waals surface area contributed by atoms with Gasteiger partial charge in [0, 0.05) is 11.6 Å². The SMILES string of the molecule is Cc1ccc(C(C)C)c(OCC(=O)O[C@H](C(=O)NC2CC2)c2ccccc2)c1. The number of amides is 1. The number of ether oxygens (including phenoxy) is 2. The van der Waals surface area contributed by atoms with Gasteiger partial charge in [-0.25, -0.2) is 4.79 Å². The molecule has 0 heterocycles. The highest BCUT2D eigenvalue weighted by atomic mass is 16.6. The Morgan fingerprint density at radius 1 is 1.11 bits per heavy atom. The molecule has 0 radical (unpaired) electrons. The number of carbonyl (C=O) groups excluding carboxylic acids is 2. The van der Waals surface area contributed by atoms with E-state index in [1.165, 1.54) is 0 Å². The Kier molecular flexibility index (Phi) is 6.34. The summed E-state index contributed by atoms with van der Waals surface area (Å²) >= 11 is 0. The van der Waals surface area contributed by atoms with Crippen LogP contribution in [0.5, 0.6) is 5.75 Å². The van der Waals surface area contributed by atoms with Crippen molar-refractivity contribution in [1.29, 1.82) is 0 Å². The first-order valence-corrected chi connectivity index (χ1v) is 9.72. The van der Waals surface area contributed by atoms with Crippen molar-refractivity contribution in [1.82, 2.24) is 5.32 Å². The number of esters is 1. The lowest BCUT2D eigenvalue weighted by Crippen LogP contribution is -2.34. The van der Waals surface area contributed by atoms with Crippen molar-refractivity contribution in [2.24, 2.45) is 0 Å². The maximum atomic E-state index is 12.6. The third-order valence-electron chi connectivity index (χ3n) is 4.65. The van der Waals surface area contributed by atoms with Crippen molar-refractivity contribution in [3.63, 3.8) is 0 Å². The van der Waals surface area contributed by atoms with Gasteiger partial charge in [0.1, 0.15) is 5.75 Å². The molecule has 0 unspecified atom stereocenters. The van der Waals surface area contributed by atoms with Crippen LogP contribution in [0.3, 0.4) is 0 Å². The number of hydrogen-bond acceptors (Lipinski definition) is 4. The first-order valence-electron chi connectivity index (χ1n) is 9.72. The summed E-state index contributed by atoms with van der Waals surface area (Å²) in [6.07, 6.45) is 0.964. The summed E-state index contributed by atoms with van der Waals surface area (Å²) in [6, 6.07) is 15.2. The average molecular weight is 381 g/mol. The Labute approximate surface area is 166 Å². The Morgan fingerprint density at radius 2 is 1.82 bits per heavy atom. The number of rotatable bonds is 8. The number of carbonyl (C=O) groups is 2. The van der Waals surface area contributed by atoms with Gasteiger partial charge in [-0.1, -0.05) is 56.3 Å². The molecule has 5 nitrogen and oxygen atoms in total. The lowest BCUT2D eigenvalue weighted by atomic mass is 10.0. The second-order valence-electron chi connectivity index (χ2n) is 7.55. The summed E-state index contributed by atoms with van der Waals surface area (Å²) in [7, 11) is 0. The van der Waals surface area contributed by atoms with Crippen LogP contribution in [0.1, 0.15) is 55.4 Å². The molecule has 0 saturated heterocycles. The fourth-order valence-corrected chi connectivity index (χ4v) is 2.95. The van der Waals surface area contributed by atoms with Gasteiger partial charge in [-0.2, -0.15) is 0 Å². The van der Waals surface area contributed by atoms with Crippen LogP contribution >= 0.6 is 0 Å². The van der Waals surface area contributed by atoms with Crippen molar-refractivity contribution in [2.75, 3.05) is 6.61 Å². The average Bonchev–Trinajstić information content (AvgIpc) is 3.48. The minimum absolute atomic E-state index is 0.189. The Morgan fingerprint density at radius 3 is 2.46 bits per heavy atom. The Balaban J connectivity index is 1.67. The molecule has 1 aliphatic rings. The van der Waals surface area contributed by atoms with Gasteiger partial charge < -0.3 is 14.8 Å². The minimum atomic E-state index is -0.972. The normalized spacial score (nSPS) is 14.4. The third-order valence-corrected chi connectivity index (χ3v) is 4.65. The quantitative estimate of drug-likeness (QED) is 0.701. The van der Waals surface area contributed by atoms with E-state index in [0.717, 1.165) is 24.0 Å². The van der Waals surface area contributed by atoms with Crippen molar-refractivity contribution in [3.8, 4) is 5.75 Å². The molecule has 2 aromatic rings. The molecular formula is C23H27NO4. The van der Waals surface area contributed by atoms with E-state index in [0.29, 0.717) is 11.3 Å². The maximum Gasteiger partial charge on any atom is 0.345 e. The smallest absolute Gasteiger partial charge is 0.345 e. The highest BCUT2D eigenvalue weighted by Crippen LogP contribution is 2.28. The van der Waals surface area contributed by atoms with Crippen molar-refractivity contribution in [2.45, 2.75) is 51.7 Å². The Bertz CT molecular complexity index is 828. The van der Waals surface area contributed by atoms with Crippen LogP contribution in [-0.2, 0) is 14.3 Å². The number of nitrogens with one attached hydrogen (secondary N) is 1. The summed E-state index contributed by atoms with van der Waals surface area (Å²) in [5.41, 5.74) is 2.73. The molecule has 1 fully saturated rings. The molecule has 0 aromatic heterocycles. The van der Waals surface area contributed by atoms with E-state index in [-0.39, 0.29) is 24.5 Å². The highest BCUT2D eigenvalue weighted by Gasteiger charge is 2.30. The van der Waals surface area contributed by atoms with Gasteiger partial charge in [0.05, 0.1) is 0 Å². The molecule has 1 atom stereocenters. The highest BCUT2D eigenvalue weighted by molar-refractivity contribution is 5.85. The molecule has 0 aliphatic heterocycles. The molecule has 1 saturated carbocycles. The molecule has 2 aromatic carbocycles. The topological polar surface area (TPSA) is 64.6 Å². The van der Waals surface area contributed by atoms with E-state index in [1.54, 1.807) is 12.1 Å². The first kappa shape index (κ1) is 19.9. The van der Waals surface area contributed by atoms with Crippen LogP contribution in [0.2, 0.25) is 0 Å². The van der Waals surface area contributed by atoms with Gasteiger partial charge in [0.25, 0.3) is 5.91 Å².